The van der Waals surface area contributed by atoms with Crippen LogP contribution in [0.5, 0.6) is 5.75 Å². The SMILES string of the molecule is COc1ccc(N2CCN(c3ccc(C(=O)O)cc3NS(=O)(=O)c3cccc(F)c3)CC2)cc1. The molecule has 2 N–H and O–H groups in total. The van der Waals surface area contributed by atoms with E-state index in [-0.39, 0.29) is 16.1 Å². The highest BCUT2D eigenvalue weighted by molar-refractivity contribution is 7.92. The lowest BCUT2D eigenvalue weighted by Gasteiger charge is -2.38. The lowest BCUT2D eigenvalue weighted by atomic mass is 10.1. The number of carbonyl (C=O) groups is 1. The molecule has 4 rings (SSSR count). The van der Waals surface area contributed by atoms with Crippen LogP contribution in [0.4, 0.5) is 21.5 Å². The molecule has 1 heterocycles. The third kappa shape index (κ3) is 5.07. The van der Waals surface area contributed by atoms with Gasteiger partial charge in [0.1, 0.15) is 11.6 Å². The Balaban J connectivity index is 1.58. The zero-order chi connectivity index (χ0) is 24.3. The van der Waals surface area contributed by atoms with Crippen LogP contribution in [0, 0.1) is 5.82 Å². The van der Waals surface area contributed by atoms with E-state index in [1.165, 1.54) is 24.3 Å². The van der Waals surface area contributed by atoms with Crippen LogP contribution in [0.3, 0.4) is 0 Å². The van der Waals surface area contributed by atoms with E-state index in [9.17, 15) is 22.7 Å². The van der Waals surface area contributed by atoms with Crippen molar-refractivity contribution in [3.05, 3.63) is 78.1 Å². The van der Waals surface area contributed by atoms with Crippen LogP contribution in [0.25, 0.3) is 0 Å². The first-order valence-electron chi connectivity index (χ1n) is 10.6. The minimum Gasteiger partial charge on any atom is -0.497 e. The molecule has 0 unspecified atom stereocenters. The van der Waals surface area contributed by atoms with Crippen LogP contribution < -0.4 is 19.3 Å². The standard InChI is InChI=1S/C24H24FN3O5S/c1-33-20-8-6-19(7-9-20)27-11-13-28(14-12-27)23-10-5-17(24(29)30)15-22(23)26-34(31,32)21-4-2-3-18(25)16-21/h2-10,15-16,26H,11-14H2,1H3,(H,29,30). The highest BCUT2D eigenvalue weighted by atomic mass is 32.2. The second kappa shape index (κ2) is 9.60. The molecular weight excluding hydrogens is 461 g/mol. The molecule has 8 nitrogen and oxygen atoms in total. The molecule has 34 heavy (non-hydrogen) atoms. The largest absolute Gasteiger partial charge is 0.497 e. The summed E-state index contributed by atoms with van der Waals surface area (Å²) in [7, 11) is -2.52. The highest BCUT2D eigenvalue weighted by Gasteiger charge is 2.23. The molecule has 3 aromatic carbocycles. The van der Waals surface area contributed by atoms with E-state index in [1.807, 2.05) is 29.2 Å². The first-order valence-corrected chi connectivity index (χ1v) is 12.0. The molecule has 0 atom stereocenters. The Morgan fingerprint density at radius 1 is 0.971 bits per heavy atom. The Morgan fingerprint density at radius 3 is 2.26 bits per heavy atom. The van der Waals surface area contributed by atoms with E-state index in [0.29, 0.717) is 31.9 Å². The monoisotopic (exact) mass is 485 g/mol. The smallest absolute Gasteiger partial charge is 0.335 e. The van der Waals surface area contributed by atoms with Crippen molar-refractivity contribution < 1.29 is 27.4 Å². The molecule has 178 valence electrons. The summed E-state index contributed by atoms with van der Waals surface area (Å²) in [5.74, 6) is -1.09. The maximum Gasteiger partial charge on any atom is 0.335 e. The summed E-state index contributed by atoms with van der Waals surface area (Å²) in [4.78, 5) is 15.5. The predicted octanol–water partition coefficient (Wildman–Crippen LogP) is 3.66. The summed E-state index contributed by atoms with van der Waals surface area (Å²) in [6.07, 6.45) is 0. The molecule has 0 saturated carbocycles. The number of aromatic carboxylic acids is 1. The van der Waals surface area contributed by atoms with Gasteiger partial charge in [0.15, 0.2) is 0 Å². The Kier molecular flexibility index (Phi) is 6.60. The van der Waals surface area contributed by atoms with Crippen molar-refractivity contribution in [2.75, 3.05) is 47.8 Å². The second-order valence-corrected chi connectivity index (χ2v) is 9.45. The molecule has 0 radical (unpaired) electrons. The van der Waals surface area contributed by atoms with Crippen LogP contribution in [0.1, 0.15) is 10.4 Å². The Labute approximate surface area is 197 Å². The van der Waals surface area contributed by atoms with Gasteiger partial charge in [0.25, 0.3) is 10.0 Å². The van der Waals surface area contributed by atoms with Crippen LogP contribution in [-0.4, -0.2) is 52.8 Å². The molecule has 0 aliphatic carbocycles. The van der Waals surface area contributed by atoms with Gasteiger partial charge in [0.2, 0.25) is 0 Å². The molecular formula is C24H24FN3O5S. The predicted molar refractivity (Wildman–Crippen MR) is 128 cm³/mol. The van der Waals surface area contributed by atoms with Crippen molar-refractivity contribution in [1.82, 2.24) is 0 Å². The molecule has 1 saturated heterocycles. The third-order valence-corrected chi connectivity index (χ3v) is 7.02. The minimum atomic E-state index is -4.13. The summed E-state index contributed by atoms with van der Waals surface area (Å²) in [6.45, 7) is 2.55. The van der Waals surface area contributed by atoms with Gasteiger partial charge in [-0.05, 0) is 60.7 Å². The summed E-state index contributed by atoms with van der Waals surface area (Å²) in [6, 6.07) is 16.7. The van der Waals surface area contributed by atoms with Crippen LogP contribution in [0.15, 0.2) is 71.6 Å². The third-order valence-electron chi connectivity index (χ3n) is 5.65. The number of carboxylic acids is 1. The van der Waals surface area contributed by atoms with E-state index >= 15 is 0 Å². The van der Waals surface area contributed by atoms with Crippen molar-refractivity contribution >= 4 is 33.1 Å². The highest BCUT2D eigenvalue weighted by Crippen LogP contribution is 2.31. The first kappa shape index (κ1) is 23.4. The van der Waals surface area contributed by atoms with E-state index in [1.54, 1.807) is 13.2 Å². The fourth-order valence-electron chi connectivity index (χ4n) is 3.86. The number of anilines is 3. The average Bonchev–Trinajstić information content (AvgIpc) is 2.84. The number of sulfonamides is 1. The first-order chi connectivity index (χ1) is 16.3. The zero-order valence-corrected chi connectivity index (χ0v) is 19.3. The number of ether oxygens (including phenoxy) is 1. The van der Waals surface area contributed by atoms with E-state index in [4.69, 9.17) is 4.74 Å². The normalized spacial score (nSPS) is 14.1. The maximum atomic E-state index is 13.6. The van der Waals surface area contributed by atoms with E-state index in [2.05, 4.69) is 9.62 Å². The van der Waals surface area contributed by atoms with E-state index in [0.717, 1.165) is 23.6 Å². The summed E-state index contributed by atoms with van der Waals surface area (Å²) >= 11 is 0. The van der Waals surface area contributed by atoms with Gasteiger partial charge in [-0.15, -0.1) is 0 Å². The maximum absolute atomic E-state index is 13.6. The van der Waals surface area contributed by atoms with Gasteiger partial charge in [0.05, 0.1) is 28.9 Å². The number of hydrogen-bond acceptors (Lipinski definition) is 6. The van der Waals surface area contributed by atoms with Crippen LogP contribution in [0.2, 0.25) is 0 Å². The number of nitrogens with one attached hydrogen (secondary N) is 1. The van der Waals surface area contributed by atoms with Crippen LogP contribution >= 0.6 is 0 Å². The molecule has 0 bridgehead atoms. The van der Waals surface area contributed by atoms with Crippen LogP contribution in [-0.2, 0) is 10.0 Å². The van der Waals surface area contributed by atoms with Crippen molar-refractivity contribution in [3.8, 4) is 5.75 Å². The molecule has 10 heteroatoms. The minimum absolute atomic E-state index is 0.0578. The fourth-order valence-corrected chi connectivity index (χ4v) is 4.96. The second-order valence-electron chi connectivity index (χ2n) is 7.77. The molecule has 1 fully saturated rings. The van der Waals surface area contributed by atoms with Crippen molar-refractivity contribution in [3.63, 3.8) is 0 Å². The lowest BCUT2D eigenvalue weighted by Crippen LogP contribution is -2.46. The number of hydrogen-bond donors (Lipinski definition) is 2. The number of methoxy groups -OCH3 is 1. The molecule has 0 aromatic heterocycles. The van der Waals surface area contributed by atoms with Gasteiger partial charge in [-0.3, -0.25) is 4.72 Å². The molecule has 1 aliphatic heterocycles. The Hall–Kier alpha value is -3.79. The zero-order valence-electron chi connectivity index (χ0n) is 18.4. The van der Waals surface area contributed by atoms with Gasteiger partial charge in [0, 0.05) is 31.9 Å². The number of carboxylic acid groups (broad SMARTS) is 1. The van der Waals surface area contributed by atoms with Crippen molar-refractivity contribution in [2.45, 2.75) is 4.90 Å². The lowest BCUT2D eigenvalue weighted by molar-refractivity contribution is 0.0697. The summed E-state index contributed by atoms with van der Waals surface area (Å²) in [5.41, 5.74) is 1.67. The number of piperazine rings is 1. The molecule has 1 aliphatic rings. The topological polar surface area (TPSA) is 99.2 Å². The van der Waals surface area contributed by atoms with Crippen molar-refractivity contribution in [2.24, 2.45) is 0 Å². The van der Waals surface area contributed by atoms with Gasteiger partial charge in [-0.25, -0.2) is 17.6 Å². The average molecular weight is 486 g/mol. The fraction of sp³-hybridized carbons (Fsp3) is 0.208. The molecule has 0 spiro atoms. The number of nitrogens with zero attached hydrogens (tertiary/aromatic N) is 2. The van der Waals surface area contributed by atoms with Gasteiger partial charge >= 0.3 is 5.97 Å². The van der Waals surface area contributed by atoms with Crippen molar-refractivity contribution in [1.29, 1.82) is 0 Å². The molecule has 0 amide bonds. The number of rotatable bonds is 7. The van der Waals surface area contributed by atoms with Gasteiger partial charge in [-0.2, -0.15) is 0 Å². The summed E-state index contributed by atoms with van der Waals surface area (Å²) < 4.78 is 47.1. The number of benzene rings is 3. The Morgan fingerprint density at radius 2 is 1.65 bits per heavy atom. The molecule has 3 aromatic rings. The summed E-state index contributed by atoms with van der Waals surface area (Å²) in [5, 5.41) is 9.40. The quantitative estimate of drug-likeness (QED) is 0.527. The number of halogens is 1. The Bertz CT molecular complexity index is 1290. The van der Waals surface area contributed by atoms with E-state index < -0.39 is 21.8 Å². The van der Waals surface area contributed by atoms with Gasteiger partial charge in [-0.1, -0.05) is 6.07 Å². The van der Waals surface area contributed by atoms with Gasteiger partial charge < -0.3 is 19.6 Å².